The topological polar surface area (TPSA) is 32.3 Å². The standard InChI is InChI=1S/C15H21ClN2O/c1-18(10-12-5-4-6-13(16)9-12)11-15(19)17-14-7-2-3-8-14/h4-6,9,14H,2-3,7-8,10-11H2,1H3,(H,17,19). The van der Waals surface area contributed by atoms with Gasteiger partial charge in [-0.1, -0.05) is 36.6 Å². The number of carbonyl (C=O) groups excluding carboxylic acids is 1. The third-order valence-corrected chi connectivity index (χ3v) is 3.71. The van der Waals surface area contributed by atoms with Crippen molar-refractivity contribution in [1.82, 2.24) is 10.2 Å². The zero-order valence-electron chi connectivity index (χ0n) is 11.4. The van der Waals surface area contributed by atoms with Gasteiger partial charge in [-0.15, -0.1) is 0 Å². The van der Waals surface area contributed by atoms with Crippen molar-refractivity contribution >= 4 is 17.5 Å². The Morgan fingerprint density at radius 3 is 2.84 bits per heavy atom. The number of amides is 1. The maximum absolute atomic E-state index is 11.9. The molecule has 4 heteroatoms. The number of hydrogen-bond donors (Lipinski definition) is 1. The lowest BCUT2D eigenvalue weighted by Crippen LogP contribution is -2.39. The van der Waals surface area contributed by atoms with E-state index in [0.29, 0.717) is 12.6 Å². The van der Waals surface area contributed by atoms with Gasteiger partial charge in [0.25, 0.3) is 0 Å². The summed E-state index contributed by atoms with van der Waals surface area (Å²) >= 11 is 5.95. The minimum absolute atomic E-state index is 0.122. The normalized spacial score (nSPS) is 15.9. The van der Waals surface area contributed by atoms with Crippen molar-refractivity contribution in [2.24, 2.45) is 0 Å². The van der Waals surface area contributed by atoms with E-state index in [1.54, 1.807) is 0 Å². The van der Waals surface area contributed by atoms with Crippen LogP contribution < -0.4 is 5.32 Å². The molecule has 1 aromatic rings. The third kappa shape index (κ3) is 4.84. The van der Waals surface area contributed by atoms with E-state index in [4.69, 9.17) is 11.6 Å². The van der Waals surface area contributed by atoms with E-state index in [9.17, 15) is 4.79 Å². The van der Waals surface area contributed by atoms with Crippen LogP contribution in [0.3, 0.4) is 0 Å². The van der Waals surface area contributed by atoms with Gasteiger partial charge in [-0.25, -0.2) is 0 Å². The molecule has 1 fully saturated rings. The number of benzene rings is 1. The van der Waals surface area contributed by atoms with Crippen LogP contribution in [-0.2, 0) is 11.3 Å². The highest BCUT2D eigenvalue weighted by atomic mass is 35.5. The Morgan fingerprint density at radius 1 is 1.42 bits per heavy atom. The summed E-state index contributed by atoms with van der Waals surface area (Å²) in [6.45, 7) is 1.17. The molecule has 3 nitrogen and oxygen atoms in total. The van der Waals surface area contributed by atoms with Crippen LogP contribution in [0.15, 0.2) is 24.3 Å². The molecule has 1 amide bonds. The largest absolute Gasteiger partial charge is 0.352 e. The summed E-state index contributed by atoms with van der Waals surface area (Å²) in [5.41, 5.74) is 1.13. The molecule has 0 radical (unpaired) electrons. The van der Waals surface area contributed by atoms with E-state index in [2.05, 4.69) is 5.32 Å². The zero-order valence-corrected chi connectivity index (χ0v) is 12.1. The molecule has 0 heterocycles. The number of nitrogens with zero attached hydrogens (tertiary/aromatic N) is 1. The molecule has 0 saturated heterocycles. The fourth-order valence-electron chi connectivity index (χ4n) is 2.59. The zero-order chi connectivity index (χ0) is 13.7. The lowest BCUT2D eigenvalue weighted by Gasteiger charge is -2.18. The number of rotatable bonds is 5. The van der Waals surface area contributed by atoms with Gasteiger partial charge < -0.3 is 5.32 Å². The molecule has 19 heavy (non-hydrogen) atoms. The number of carbonyl (C=O) groups is 1. The average Bonchev–Trinajstić information content (AvgIpc) is 2.81. The predicted octanol–water partition coefficient (Wildman–Crippen LogP) is 2.83. The van der Waals surface area contributed by atoms with Crippen LogP contribution in [0.5, 0.6) is 0 Å². The number of hydrogen-bond acceptors (Lipinski definition) is 2. The van der Waals surface area contributed by atoms with Gasteiger partial charge in [0.2, 0.25) is 5.91 Å². The quantitative estimate of drug-likeness (QED) is 0.899. The summed E-state index contributed by atoms with van der Waals surface area (Å²) < 4.78 is 0. The van der Waals surface area contributed by atoms with Crippen molar-refractivity contribution in [3.05, 3.63) is 34.9 Å². The monoisotopic (exact) mass is 280 g/mol. The second-order valence-electron chi connectivity index (χ2n) is 5.35. The predicted molar refractivity (Wildman–Crippen MR) is 78.2 cm³/mol. The first-order valence-corrected chi connectivity index (χ1v) is 7.23. The Kier molecular flexibility index (Phi) is 5.23. The van der Waals surface area contributed by atoms with Gasteiger partial charge in [-0.2, -0.15) is 0 Å². The Bertz CT molecular complexity index is 430. The summed E-state index contributed by atoms with van der Waals surface area (Å²) in [5.74, 6) is 0.122. The highest BCUT2D eigenvalue weighted by Crippen LogP contribution is 2.17. The SMILES string of the molecule is CN(CC(=O)NC1CCCC1)Cc1cccc(Cl)c1. The molecular formula is C15H21ClN2O. The Morgan fingerprint density at radius 2 is 2.16 bits per heavy atom. The smallest absolute Gasteiger partial charge is 0.234 e. The summed E-state index contributed by atoms with van der Waals surface area (Å²) in [5, 5.41) is 3.84. The average molecular weight is 281 g/mol. The van der Waals surface area contributed by atoms with E-state index in [0.717, 1.165) is 30.0 Å². The third-order valence-electron chi connectivity index (χ3n) is 3.48. The molecule has 1 aliphatic rings. The van der Waals surface area contributed by atoms with Gasteiger partial charge in [0.1, 0.15) is 0 Å². The number of halogens is 1. The maximum atomic E-state index is 11.9. The Balaban J connectivity index is 1.77. The van der Waals surface area contributed by atoms with Gasteiger partial charge in [0.05, 0.1) is 6.54 Å². The molecule has 0 aromatic heterocycles. The Hall–Kier alpha value is -1.06. The molecule has 0 atom stereocenters. The molecular weight excluding hydrogens is 260 g/mol. The van der Waals surface area contributed by atoms with E-state index < -0.39 is 0 Å². The maximum Gasteiger partial charge on any atom is 0.234 e. The van der Waals surface area contributed by atoms with Crippen LogP contribution in [0, 0.1) is 0 Å². The van der Waals surface area contributed by atoms with Crippen LogP contribution in [0.2, 0.25) is 5.02 Å². The summed E-state index contributed by atoms with van der Waals surface area (Å²) in [4.78, 5) is 13.9. The van der Waals surface area contributed by atoms with Gasteiger partial charge in [0.15, 0.2) is 0 Å². The first kappa shape index (κ1) is 14.4. The molecule has 0 unspecified atom stereocenters. The van der Waals surface area contributed by atoms with Crippen molar-refractivity contribution in [3.63, 3.8) is 0 Å². The number of likely N-dealkylation sites (N-methyl/N-ethyl adjacent to an activating group) is 1. The van der Waals surface area contributed by atoms with E-state index in [1.165, 1.54) is 12.8 Å². The first-order valence-electron chi connectivity index (χ1n) is 6.86. The molecule has 1 aliphatic carbocycles. The summed E-state index contributed by atoms with van der Waals surface area (Å²) in [7, 11) is 1.95. The molecule has 1 N–H and O–H groups in total. The van der Waals surface area contributed by atoms with E-state index in [1.807, 2.05) is 36.2 Å². The molecule has 0 aliphatic heterocycles. The van der Waals surface area contributed by atoms with Crippen LogP contribution in [0.4, 0.5) is 0 Å². The van der Waals surface area contributed by atoms with Crippen molar-refractivity contribution in [3.8, 4) is 0 Å². The minimum Gasteiger partial charge on any atom is -0.352 e. The first-order chi connectivity index (χ1) is 9.13. The van der Waals surface area contributed by atoms with Gasteiger partial charge in [0, 0.05) is 17.6 Å². The van der Waals surface area contributed by atoms with Crippen LogP contribution in [0.1, 0.15) is 31.2 Å². The highest BCUT2D eigenvalue weighted by Gasteiger charge is 2.17. The summed E-state index contributed by atoms with van der Waals surface area (Å²) in [6.07, 6.45) is 4.74. The molecule has 1 aromatic carbocycles. The van der Waals surface area contributed by atoms with Crippen molar-refractivity contribution in [2.45, 2.75) is 38.3 Å². The second-order valence-corrected chi connectivity index (χ2v) is 5.79. The summed E-state index contributed by atoms with van der Waals surface area (Å²) in [6, 6.07) is 8.15. The van der Waals surface area contributed by atoms with Gasteiger partial charge >= 0.3 is 0 Å². The van der Waals surface area contributed by atoms with Crippen LogP contribution in [-0.4, -0.2) is 30.4 Å². The molecule has 1 saturated carbocycles. The van der Waals surface area contributed by atoms with Crippen molar-refractivity contribution < 1.29 is 4.79 Å². The van der Waals surface area contributed by atoms with Gasteiger partial charge in [-0.05, 0) is 37.6 Å². The van der Waals surface area contributed by atoms with Crippen molar-refractivity contribution in [1.29, 1.82) is 0 Å². The lowest BCUT2D eigenvalue weighted by molar-refractivity contribution is -0.122. The minimum atomic E-state index is 0.122. The van der Waals surface area contributed by atoms with E-state index in [-0.39, 0.29) is 5.91 Å². The van der Waals surface area contributed by atoms with E-state index >= 15 is 0 Å². The molecule has 104 valence electrons. The number of nitrogens with one attached hydrogen (secondary N) is 1. The molecule has 2 rings (SSSR count). The van der Waals surface area contributed by atoms with Crippen molar-refractivity contribution in [2.75, 3.05) is 13.6 Å². The fraction of sp³-hybridized carbons (Fsp3) is 0.533. The molecule has 0 spiro atoms. The second kappa shape index (κ2) is 6.92. The Labute approximate surface area is 119 Å². The highest BCUT2D eigenvalue weighted by molar-refractivity contribution is 6.30. The lowest BCUT2D eigenvalue weighted by atomic mass is 10.2. The van der Waals surface area contributed by atoms with Gasteiger partial charge in [-0.3, -0.25) is 9.69 Å². The fourth-order valence-corrected chi connectivity index (χ4v) is 2.80. The van der Waals surface area contributed by atoms with Crippen LogP contribution >= 0.6 is 11.6 Å². The molecule has 0 bridgehead atoms. The van der Waals surface area contributed by atoms with Crippen LogP contribution in [0.25, 0.3) is 0 Å².